The number of carbonyl (C=O) groups is 1. The predicted molar refractivity (Wildman–Crippen MR) is 76.8 cm³/mol. The van der Waals surface area contributed by atoms with Crippen LogP contribution in [-0.4, -0.2) is 66.0 Å². The Kier molecular flexibility index (Phi) is 5.33. The Morgan fingerprint density at radius 3 is 2.78 bits per heavy atom. The normalized spacial score (nSPS) is 26.8. The lowest BCUT2D eigenvalue weighted by molar-refractivity contribution is -0.131. The number of likely N-dealkylation sites (tertiary alicyclic amines) is 2. The molecule has 2 atom stereocenters. The van der Waals surface area contributed by atoms with E-state index in [0.717, 1.165) is 31.7 Å². The van der Waals surface area contributed by atoms with E-state index in [1.807, 2.05) is 4.90 Å². The van der Waals surface area contributed by atoms with Crippen molar-refractivity contribution in [3.05, 3.63) is 0 Å². The minimum atomic E-state index is -0.297. The van der Waals surface area contributed by atoms with Gasteiger partial charge >= 0.3 is 0 Å². The number of thioether (sulfide) groups is 1. The molecule has 1 unspecified atom stereocenters. The third-order valence-corrected chi connectivity index (χ3v) is 4.73. The molecule has 0 aliphatic carbocycles. The molecular formula is C13H25N3OS. The van der Waals surface area contributed by atoms with Crippen LogP contribution >= 0.6 is 11.8 Å². The second-order valence-corrected chi connectivity index (χ2v) is 6.34. The molecule has 0 spiro atoms. The zero-order valence-electron chi connectivity index (χ0n) is 11.3. The SMILES string of the molecule is CSCC[C@@H](N)C(=O)N1CCC(N2CCCC2)C1. The van der Waals surface area contributed by atoms with Gasteiger partial charge in [-0.05, 0) is 50.8 Å². The molecule has 0 saturated carbocycles. The zero-order chi connectivity index (χ0) is 13.0. The van der Waals surface area contributed by atoms with E-state index in [0.29, 0.717) is 6.04 Å². The maximum atomic E-state index is 12.2. The Bertz CT molecular complexity index is 281. The van der Waals surface area contributed by atoms with E-state index in [1.165, 1.54) is 25.9 Å². The molecular weight excluding hydrogens is 246 g/mol. The van der Waals surface area contributed by atoms with Crippen LogP contribution in [0.2, 0.25) is 0 Å². The van der Waals surface area contributed by atoms with Crippen molar-refractivity contribution in [1.82, 2.24) is 9.80 Å². The number of hydrogen-bond donors (Lipinski definition) is 1. The first-order valence-corrected chi connectivity index (χ1v) is 8.39. The maximum absolute atomic E-state index is 12.2. The molecule has 2 N–H and O–H groups in total. The second-order valence-electron chi connectivity index (χ2n) is 5.36. The molecule has 5 heteroatoms. The molecule has 2 saturated heterocycles. The minimum absolute atomic E-state index is 0.158. The number of carbonyl (C=O) groups excluding carboxylic acids is 1. The summed E-state index contributed by atoms with van der Waals surface area (Å²) in [5.41, 5.74) is 5.96. The van der Waals surface area contributed by atoms with Crippen LogP contribution in [-0.2, 0) is 4.79 Å². The van der Waals surface area contributed by atoms with Gasteiger partial charge in [0.2, 0.25) is 5.91 Å². The van der Waals surface area contributed by atoms with Crippen molar-refractivity contribution in [2.45, 2.75) is 37.8 Å². The summed E-state index contributed by atoms with van der Waals surface area (Å²) in [7, 11) is 0. The van der Waals surface area contributed by atoms with Gasteiger partial charge in [-0.15, -0.1) is 0 Å². The van der Waals surface area contributed by atoms with Crippen LogP contribution in [0.25, 0.3) is 0 Å². The molecule has 2 rings (SSSR count). The van der Waals surface area contributed by atoms with Crippen molar-refractivity contribution in [2.75, 3.05) is 38.2 Å². The first-order valence-electron chi connectivity index (χ1n) is 6.99. The number of nitrogens with two attached hydrogens (primary N) is 1. The van der Waals surface area contributed by atoms with Crippen molar-refractivity contribution < 1.29 is 4.79 Å². The van der Waals surface area contributed by atoms with Crippen molar-refractivity contribution in [2.24, 2.45) is 5.73 Å². The van der Waals surface area contributed by atoms with Crippen LogP contribution in [0.4, 0.5) is 0 Å². The van der Waals surface area contributed by atoms with Crippen molar-refractivity contribution >= 4 is 17.7 Å². The summed E-state index contributed by atoms with van der Waals surface area (Å²) in [6.45, 7) is 4.22. The van der Waals surface area contributed by atoms with E-state index in [1.54, 1.807) is 11.8 Å². The summed E-state index contributed by atoms with van der Waals surface area (Å²) in [5.74, 6) is 1.13. The molecule has 0 aromatic heterocycles. The summed E-state index contributed by atoms with van der Waals surface area (Å²) in [6.07, 6.45) is 6.61. The molecule has 104 valence electrons. The number of hydrogen-bond acceptors (Lipinski definition) is 4. The fraction of sp³-hybridized carbons (Fsp3) is 0.923. The van der Waals surface area contributed by atoms with Crippen LogP contribution in [0.5, 0.6) is 0 Å². The molecule has 2 aliphatic rings. The zero-order valence-corrected chi connectivity index (χ0v) is 12.1. The van der Waals surface area contributed by atoms with Gasteiger partial charge in [0.1, 0.15) is 0 Å². The first-order chi connectivity index (χ1) is 8.72. The van der Waals surface area contributed by atoms with Crippen LogP contribution in [0, 0.1) is 0 Å². The molecule has 4 nitrogen and oxygen atoms in total. The van der Waals surface area contributed by atoms with Gasteiger partial charge < -0.3 is 10.6 Å². The lowest BCUT2D eigenvalue weighted by Crippen LogP contribution is -2.44. The van der Waals surface area contributed by atoms with E-state index in [4.69, 9.17) is 5.73 Å². The molecule has 2 fully saturated rings. The highest BCUT2D eigenvalue weighted by atomic mass is 32.2. The third kappa shape index (κ3) is 3.39. The number of rotatable bonds is 5. The van der Waals surface area contributed by atoms with E-state index in [-0.39, 0.29) is 11.9 Å². The van der Waals surface area contributed by atoms with Crippen molar-refractivity contribution in [1.29, 1.82) is 0 Å². The highest BCUT2D eigenvalue weighted by Gasteiger charge is 2.33. The Balaban J connectivity index is 1.78. The van der Waals surface area contributed by atoms with Gasteiger partial charge in [-0.1, -0.05) is 0 Å². The summed E-state index contributed by atoms with van der Waals surface area (Å²) in [4.78, 5) is 16.7. The first kappa shape index (κ1) is 14.2. The topological polar surface area (TPSA) is 49.6 Å². The van der Waals surface area contributed by atoms with Crippen molar-refractivity contribution in [3.63, 3.8) is 0 Å². The van der Waals surface area contributed by atoms with Gasteiger partial charge in [-0.25, -0.2) is 0 Å². The molecule has 18 heavy (non-hydrogen) atoms. The van der Waals surface area contributed by atoms with Crippen LogP contribution in [0.1, 0.15) is 25.7 Å². The number of amides is 1. The van der Waals surface area contributed by atoms with Gasteiger partial charge in [-0.2, -0.15) is 11.8 Å². The van der Waals surface area contributed by atoms with E-state index >= 15 is 0 Å². The van der Waals surface area contributed by atoms with E-state index in [9.17, 15) is 4.79 Å². The lowest BCUT2D eigenvalue weighted by atomic mass is 10.2. The highest BCUT2D eigenvalue weighted by molar-refractivity contribution is 7.98. The van der Waals surface area contributed by atoms with E-state index in [2.05, 4.69) is 11.2 Å². The third-order valence-electron chi connectivity index (χ3n) is 4.08. The lowest BCUT2D eigenvalue weighted by Gasteiger charge is -2.25. The Morgan fingerprint density at radius 1 is 1.39 bits per heavy atom. The van der Waals surface area contributed by atoms with Crippen LogP contribution in [0.3, 0.4) is 0 Å². The Morgan fingerprint density at radius 2 is 2.11 bits per heavy atom. The summed E-state index contributed by atoms with van der Waals surface area (Å²) < 4.78 is 0. The molecule has 0 aromatic rings. The van der Waals surface area contributed by atoms with Crippen LogP contribution < -0.4 is 5.73 Å². The summed E-state index contributed by atoms with van der Waals surface area (Å²) in [5, 5.41) is 0. The number of nitrogens with zero attached hydrogens (tertiary/aromatic N) is 2. The molecule has 2 aliphatic heterocycles. The second kappa shape index (κ2) is 6.78. The average Bonchev–Trinajstić information content (AvgIpc) is 3.04. The molecule has 0 aromatic carbocycles. The highest BCUT2D eigenvalue weighted by Crippen LogP contribution is 2.21. The Hall–Kier alpha value is -0.260. The summed E-state index contributed by atoms with van der Waals surface area (Å²) >= 11 is 1.75. The maximum Gasteiger partial charge on any atom is 0.239 e. The molecule has 1 amide bonds. The fourth-order valence-electron chi connectivity index (χ4n) is 2.95. The standard InChI is InChI=1S/C13H25N3OS/c1-18-9-5-12(14)13(17)16-8-4-11(10-16)15-6-2-3-7-15/h11-12H,2-10,14H2,1H3/t11?,12-/m1/s1. The van der Waals surface area contributed by atoms with E-state index < -0.39 is 0 Å². The molecule has 0 bridgehead atoms. The van der Waals surface area contributed by atoms with Crippen LogP contribution in [0.15, 0.2) is 0 Å². The quantitative estimate of drug-likeness (QED) is 0.802. The minimum Gasteiger partial charge on any atom is -0.340 e. The van der Waals surface area contributed by atoms with Gasteiger partial charge in [0.15, 0.2) is 0 Å². The fourth-order valence-corrected chi connectivity index (χ4v) is 3.44. The monoisotopic (exact) mass is 271 g/mol. The van der Waals surface area contributed by atoms with Gasteiger partial charge in [0, 0.05) is 19.1 Å². The largest absolute Gasteiger partial charge is 0.340 e. The molecule has 0 radical (unpaired) electrons. The van der Waals surface area contributed by atoms with Gasteiger partial charge in [0.05, 0.1) is 6.04 Å². The van der Waals surface area contributed by atoms with Gasteiger partial charge in [0.25, 0.3) is 0 Å². The predicted octanol–water partition coefficient (Wildman–Crippen LogP) is 0.763. The summed E-state index contributed by atoms with van der Waals surface area (Å²) in [6, 6.07) is 0.291. The smallest absolute Gasteiger partial charge is 0.239 e. The van der Waals surface area contributed by atoms with Crippen molar-refractivity contribution in [3.8, 4) is 0 Å². The Labute approximate surface area is 114 Å². The average molecular weight is 271 g/mol. The van der Waals surface area contributed by atoms with Gasteiger partial charge in [-0.3, -0.25) is 9.69 Å². The molecule has 2 heterocycles.